The van der Waals surface area contributed by atoms with E-state index in [1.54, 1.807) is 12.1 Å². The van der Waals surface area contributed by atoms with Gasteiger partial charge in [-0.1, -0.05) is 48.5 Å². The van der Waals surface area contributed by atoms with Crippen LogP contribution in [0.3, 0.4) is 0 Å². The van der Waals surface area contributed by atoms with Crippen molar-refractivity contribution >= 4 is 32.3 Å². The molecule has 188 valence electrons. The molecule has 0 fully saturated rings. The number of hydrogen-bond donors (Lipinski definition) is 0. The lowest BCUT2D eigenvalue weighted by molar-refractivity contribution is -0.137. The zero-order chi connectivity index (χ0) is 26.8. The molecule has 0 aromatic heterocycles. The fourth-order valence-corrected chi connectivity index (χ4v) is 5.03. The maximum atomic E-state index is 14.6. The molecule has 0 saturated carbocycles. The molecule has 0 aliphatic heterocycles. The molecule has 0 bridgehead atoms. The summed E-state index contributed by atoms with van der Waals surface area (Å²) in [5.74, 6) is -4.82. The third kappa shape index (κ3) is 3.86. The van der Waals surface area contributed by atoms with Crippen molar-refractivity contribution in [2.75, 3.05) is 0 Å². The molecule has 0 heterocycles. The quantitative estimate of drug-likeness (QED) is 0.157. The van der Waals surface area contributed by atoms with Gasteiger partial charge in [-0.25, -0.2) is 17.6 Å². The summed E-state index contributed by atoms with van der Waals surface area (Å²) in [4.78, 5) is 0. The lowest BCUT2D eigenvalue weighted by atomic mass is 9.85. The summed E-state index contributed by atoms with van der Waals surface area (Å²) in [6.45, 7) is 0. The SMILES string of the molecule is Fc1cc2c(-c3cccc(C(F)(F)F)c3)c3cc(F)c(F)cc3c(-c3ccc4ccccc4c3)c2cc1F. The second-order valence-corrected chi connectivity index (χ2v) is 9.01. The van der Waals surface area contributed by atoms with Crippen LogP contribution in [0.1, 0.15) is 5.56 Å². The Morgan fingerprint density at radius 2 is 0.895 bits per heavy atom. The summed E-state index contributed by atoms with van der Waals surface area (Å²) in [5.41, 5.74) is -0.124. The van der Waals surface area contributed by atoms with Gasteiger partial charge in [0.2, 0.25) is 0 Å². The second-order valence-electron chi connectivity index (χ2n) is 9.01. The summed E-state index contributed by atoms with van der Waals surface area (Å²) in [7, 11) is 0. The molecule has 6 rings (SSSR count). The summed E-state index contributed by atoms with van der Waals surface area (Å²) < 4.78 is 99.1. The summed E-state index contributed by atoms with van der Waals surface area (Å²) in [6, 6.07) is 20.6. The van der Waals surface area contributed by atoms with Crippen molar-refractivity contribution in [3.8, 4) is 22.3 Å². The predicted molar refractivity (Wildman–Crippen MR) is 135 cm³/mol. The fourth-order valence-electron chi connectivity index (χ4n) is 5.03. The van der Waals surface area contributed by atoms with Gasteiger partial charge in [-0.15, -0.1) is 0 Å². The van der Waals surface area contributed by atoms with Gasteiger partial charge in [0.15, 0.2) is 23.3 Å². The van der Waals surface area contributed by atoms with Crippen LogP contribution >= 0.6 is 0 Å². The van der Waals surface area contributed by atoms with Gasteiger partial charge in [0.1, 0.15) is 0 Å². The summed E-state index contributed by atoms with van der Waals surface area (Å²) >= 11 is 0. The maximum absolute atomic E-state index is 14.6. The van der Waals surface area contributed by atoms with Gasteiger partial charge >= 0.3 is 6.18 Å². The molecule has 0 N–H and O–H groups in total. The minimum Gasteiger partial charge on any atom is -0.204 e. The highest BCUT2D eigenvalue weighted by atomic mass is 19.4. The Kier molecular flexibility index (Phi) is 5.42. The molecule has 7 heteroatoms. The van der Waals surface area contributed by atoms with E-state index in [4.69, 9.17) is 0 Å². The molecule has 0 aliphatic carbocycles. The number of alkyl halides is 3. The molecule has 6 aromatic carbocycles. The van der Waals surface area contributed by atoms with Gasteiger partial charge in [-0.3, -0.25) is 0 Å². The zero-order valence-corrected chi connectivity index (χ0v) is 19.3. The standard InChI is InChI=1S/C31H15F7/c32-25-12-21-23(14-27(25)34)30(19-9-8-16-4-1-2-5-17(16)10-19)24-15-28(35)26(33)13-22(24)29(21)18-6-3-7-20(11-18)31(36,37)38/h1-15H. The first-order valence-corrected chi connectivity index (χ1v) is 11.5. The van der Waals surface area contributed by atoms with Crippen LogP contribution in [0, 0.1) is 23.3 Å². The van der Waals surface area contributed by atoms with Crippen molar-refractivity contribution in [1.29, 1.82) is 0 Å². The molecule has 0 nitrogen and oxygen atoms in total. The normalized spacial score (nSPS) is 12.1. The van der Waals surface area contributed by atoms with Crippen molar-refractivity contribution < 1.29 is 30.7 Å². The Morgan fingerprint density at radius 3 is 1.39 bits per heavy atom. The number of hydrogen-bond acceptors (Lipinski definition) is 0. The topological polar surface area (TPSA) is 0 Å². The first-order chi connectivity index (χ1) is 18.1. The van der Waals surface area contributed by atoms with Crippen LogP contribution in [0.5, 0.6) is 0 Å². The lowest BCUT2D eigenvalue weighted by Crippen LogP contribution is -2.04. The monoisotopic (exact) mass is 520 g/mol. The van der Waals surface area contributed by atoms with Crippen LogP contribution in [0.15, 0.2) is 91.0 Å². The van der Waals surface area contributed by atoms with E-state index in [1.807, 2.05) is 30.3 Å². The van der Waals surface area contributed by atoms with Gasteiger partial charge in [0, 0.05) is 0 Å². The number of fused-ring (bicyclic) bond motifs is 3. The minimum atomic E-state index is -4.68. The van der Waals surface area contributed by atoms with E-state index in [9.17, 15) is 30.7 Å². The largest absolute Gasteiger partial charge is 0.416 e. The Hall–Kier alpha value is -4.39. The lowest BCUT2D eigenvalue weighted by Gasteiger charge is -2.19. The molecular formula is C31H15F7. The van der Waals surface area contributed by atoms with Crippen LogP contribution in [0.25, 0.3) is 54.6 Å². The Labute approximate surface area is 211 Å². The Morgan fingerprint density at radius 1 is 0.421 bits per heavy atom. The molecule has 0 spiro atoms. The van der Waals surface area contributed by atoms with Gasteiger partial charge < -0.3 is 0 Å². The van der Waals surface area contributed by atoms with E-state index in [2.05, 4.69) is 0 Å². The van der Waals surface area contributed by atoms with Crippen LogP contribution in [-0.4, -0.2) is 0 Å². The van der Waals surface area contributed by atoms with E-state index >= 15 is 0 Å². The molecule has 0 amide bonds. The van der Waals surface area contributed by atoms with Gasteiger partial charge in [0.25, 0.3) is 0 Å². The summed E-state index contributed by atoms with van der Waals surface area (Å²) in [6.07, 6.45) is -4.68. The summed E-state index contributed by atoms with van der Waals surface area (Å²) in [5, 5.41) is 2.13. The minimum absolute atomic E-state index is 0.00287. The molecule has 6 aromatic rings. The zero-order valence-electron chi connectivity index (χ0n) is 19.3. The van der Waals surface area contributed by atoms with E-state index in [0.29, 0.717) is 11.1 Å². The molecular weight excluding hydrogens is 505 g/mol. The van der Waals surface area contributed by atoms with Gasteiger partial charge in [-0.2, -0.15) is 13.2 Å². The smallest absolute Gasteiger partial charge is 0.204 e. The number of benzene rings is 6. The number of rotatable bonds is 2. The third-order valence-corrected chi connectivity index (χ3v) is 6.71. The predicted octanol–water partition coefficient (Wildman–Crippen LogP) is 10.1. The second kappa shape index (κ2) is 8.58. The van der Waals surface area contributed by atoms with Crippen molar-refractivity contribution in [1.82, 2.24) is 0 Å². The molecule has 0 saturated heterocycles. The highest BCUT2D eigenvalue weighted by molar-refractivity contribution is 6.21. The average Bonchev–Trinajstić information content (AvgIpc) is 2.89. The average molecular weight is 520 g/mol. The van der Waals surface area contributed by atoms with Crippen LogP contribution in [0.4, 0.5) is 30.7 Å². The van der Waals surface area contributed by atoms with Crippen molar-refractivity contribution in [3.05, 3.63) is 120 Å². The molecule has 38 heavy (non-hydrogen) atoms. The van der Waals surface area contributed by atoms with Gasteiger partial charge in [-0.05, 0) is 97.0 Å². The molecule has 0 radical (unpaired) electrons. The van der Waals surface area contributed by atoms with Crippen LogP contribution in [0.2, 0.25) is 0 Å². The molecule has 0 aliphatic rings. The van der Waals surface area contributed by atoms with Crippen molar-refractivity contribution in [2.24, 2.45) is 0 Å². The number of halogens is 7. The van der Waals surface area contributed by atoms with E-state index in [1.165, 1.54) is 12.1 Å². The Bertz CT molecular complexity index is 1830. The maximum Gasteiger partial charge on any atom is 0.416 e. The highest BCUT2D eigenvalue weighted by Gasteiger charge is 2.31. The van der Waals surface area contributed by atoms with Gasteiger partial charge in [0.05, 0.1) is 5.56 Å². The third-order valence-electron chi connectivity index (χ3n) is 6.71. The first kappa shape index (κ1) is 24.0. The first-order valence-electron chi connectivity index (χ1n) is 11.5. The van der Waals surface area contributed by atoms with E-state index < -0.39 is 35.0 Å². The highest BCUT2D eigenvalue weighted by Crippen LogP contribution is 2.46. The Balaban J connectivity index is 1.82. The van der Waals surface area contributed by atoms with Crippen LogP contribution < -0.4 is 0 Å². The molecule has 0 atom stereocenters. The van der Waals surface area contributed by atoms with E-state index in [0.717, 1.165) is 47.2 Å². The van der Waals surface area contributed by atoms with E-state index in [-0.39, 0.29) is 32.7 Å². The van der Waals surface area contributed by atoms with Crippen molar-refractivity contribution in [2.45, 2.75) is 6.18 Å². The van der Waals surface area contributed by atoms with Crippen molar-refractivity contribution in [3.63, 3.8) is 0 Å². The molecule has 0 unspecified atom stereocenters. The van der Waals surface area contributed by atoms with Crippen LogP contribution in [-0.2, 0) is 6.18 Å². The fraction of sp³-hybridized carbons (Fsp3) is 0.0323.